The van der Waals surface area contributed by atoms with E-state index in [1.807, 2.05) is 6.92 Å². The SMILES string of the molecule is CCCc1cnc2c(c1NC(=O)CCCCl)c(=O)n(C)c(=O)n2C. The van der Waals surface area contributed by atoms with Crippen LogP contribution in [-0.4, -0.2) is 25.9 Å². The van der Waals surface area contributed by atoms with Gasteiger partial charge in [0.25, 0.3) is 5.56 Å². The van der Waals surface area contributed by atoms with E-state index in [1.165, 1.54) is 11.6 Å². The van der Waals surface area contributed by atoms with Gasteiger partial charge in [-0.2, -0.15) is 0 Å². The zero-order valence-electron chi connectivity index (χ0n) is 14.1. The van der Waals surface area contributed by atoms with Gasteiger partial charge in [-0.1, -0.05) is 13.3 Å². The van der Waals surface area contributed by atoms with Crippen molar-refractivity contribution in [1.82, 2.24) is 14.1 Å². The number of halogens is 1. The Hall–Kier alpha value is -2.15. The molecule has 0 spiro atoms. The number of fused-ring (bicyclic) bond motifs is 1. The molecule has 0 saturated carbocycles. The van der Waals surface area contributed by atoms with Crippen LogP contribution in [0.2, 0.25) is 0 Å². The molecule has 0 bridgehead atoms. The van der Waals surface area contributed by atoms with Gasteiger partial charge in [0.05, 0.1) is 5.69 Å². The number of carbonyl (C=O) groups is 1. The quantitative estimate of drug-likeness (QED) is 0.799. The van der Waals surface area contributed by atoms with Crippen molar-refractivity contribution in [2.75, 3.05) is 11.2 Å². The van der Waals surface area contributed by atoms with Crippen LogP contribution in [0.3, 0.4) is 0 Å². The molecule has 0 saturated heterocycles. The highest BCUT2D eigenvalue weighted by Gasteiger charge is 2.18. The van der Waals surface area contributed by atoms with Crippen LogP contribution in [0.15, 0.2) is 15.8 Å². The standard InChI is InChI=1S/C16H21ClN4O3/c1-4-6-10-9-18-14-12(13(10)19-11(22)7-5-8-17)15(23)21(3)16(24)20(14)2/h9H,4-8H2,1-3H3,(H,18,19,22). The summed E-state index contributed by atoms with van der Waals surface area (Å²) in [7, 11) is 2.96. The number of nitrogens with one attached hydrogen (secondary N) is 1. The van der Waals surface area contributed by atoms with Gasteiger partial charge >= 0.3 is 5.69 Å². The fourth-order valence-corrected chi connectivity index (χ4v) is 2.73. The van der Waals surface area contributed by atoms with Gasteiger partial charge in [-0.25, -0.2) is 9.78 Å². The summed E-state index contributed by atoms with van der Waals surface area (Å²) >= 11 is 5.63. The largest absolute Gasteiger partial charge is 0.332 e. The minimum Gasteiger partial charge on any atom is -0.325 e. The Bertz CT molecular complexity index is 885. The molecule has 0 radical (unpaired) electrons. The molecule has 0 aliphatic rings. The van der Waals surface area contributed by atoms with Crippen molar-refractivity contribution in [3.05, 3.63) is 32.6 Å². The first-order valence-corrected chi connectivity index (χ1v) is 8.39. The van der Waals surface area contributed by atoms with Crippen LogP contribution in [-0.2, 0) is 25.3 Å². The van der Waals surface area contributed by atoms with Gasteiger partial charge in [-0.05, 0) is 18.4 Å². The fraction of sp³-hybridized carbons (Fsp3) is 0.500. The third-order valence-electron chi connectivity index (χ3n) is 3.87. The van der Waals surface area contributed by atoms with Crippen molar-refractivity contribution in [3.8, 4) is 0 Å². The molecule has 1 amide bonds. The number of anilines is 1. The number of nitrogens with zero attached hydrogens (tertiary/aromatic N) is 3. The Morgan fingerprint density at radius 3 is 2.62 bits per heavy atom. The van der Waals surface area contributed by atoms with Crippen LogP contribution in [0.4, 0.5) is 5.69 Å². The molecule has 7 nitrogen and oxygen atoms in total. The first-order chi connectivity index (χ1) is 11.4. The monoisotopic (exact) mass is 352 g/mol. The topological polar surface area (TPSA) is 86.0 Å². The normalized spacial score (nSPS) is 11.0. The van der Waals surface area contributed by atoms with Gasteiger partial charge in [-0.15, -0.1) is 11.6 Å². The van der Waals surface area contributed by atoms with Crippen LogP contribution in [0.25, 0.3) is 11.0 Å². The average molecular weight is 353 g/mol. The summed E-state index contributed by atoms with van der Waals surface area (Å²) in [6.07, 6.45) is 3.94. The van der Waals surface area contributed by atoms with Crippen LogP contribution in [0.5, 0.6) is 0 Å². The molecular formula is C16H21ClN4O3. The van der Waals surface area contributed by atoms with Crippen molar-refractivity contribution in [1.29, 1.82) is 0 Å². The molecule has 2 heterocycles. The zero-order chi connectivity index (χ0) is 17.9. The third kappa shape index (κ3) is 3.36. The van der Waals surface area contributed by atoms with Crippen LogP contribution < -0.4 is 16.6 Å². The number of amides is 1. The van der Waals surface area contributed by atoms with E-state index in [2.05, 4.69) is 10.3 Å². The third-order valence-corrected chi connectivity index (χ3v) is 4.14. The van der Waals surface area contributed by atoms with Gasteiger partial charge in [0.15, 0.2) is 5.65 Å². The fourth-order valence-electron chi connectivity index (χ4n) is 2.60. The number of rotatable bonds is 6. The van der Waals surface area contributed by atoms with Gasteiger partial charge < -0.3 is 5.32 Å². The maximum atomic E-state index is 12.6. The lowest BCUT2D eigenvalue weighted by Crippen LogP contribution is -2.38. The molecule has 0 unspecified atom stereocenters. The molecular weight excluding hydrogens is 332 g/mol. The average Bonchev–Trinajstić information content (AvgIpc) is 2.57. The van der Waals surface area contributed by atoms with E-state index in [1.54, 1.807) is 13.2 Å². The summed E-state index contributed by atoms with van der Waals surface area (Å²) in [5.41, 5.74) is 0.557. The Morgan fingerprint density at radius 2 is 2.00 bits per heavy atom. The predicted molar refractivity (Wildman–Crippen MR) is 94.8 cm³/mol. The first-order valence-electron chi connectivity index (χ1n) is 7.85. The minimum absolute atomic E-state index is 0.212. The summed E-state index contributed by atoms with van der Waals surface area (Å²) in [5.74, 6) is 0.180. The highest BCUT2D eigenvalue weighted by atomic mass is 35.5. The van der Waals surface area contributed by atoms with E-state index < -0.39 is 11.2 Å². The number of hydrogen-bond acceptors (Lipinski definition) is 4. The second kappa shape index (κ2) is 7.61. The molecule has 8 heteroatoms. The summed E-state index contributed by atoms with van der Waals surface area (Å²) in [4.78, 5) is 41.1. The number of aromatic nitrogens is 3. The first kappa shape index (κ1) is 18.2. The Kier molecular flexibility index (Phi) is 5.77. The molecule has 0 aliphatic carbocycles. The highest BCUT2D eigenvalue weighted by Crippen LogP contribution is 2.24. The molecule has 2 aromatic rings. The van der Waals surface area contributed by atoms with Crippen LogP contribution >= 0.6 is 11.6 Å². The van der Waals surface area contributed by atoms with Crippen molar-refractivity contribution >= 4 is 34.2 Å². The van der Waals surface area contributed by atoms with Crippen molar-refractivity contribution < 1.29 is 4.79 Å². The summed E-state index contributed by atoms with van der Waals surface area (Å²) in [6.45, 7) is 2.00. The molecule has 2 rings (SSSR count). The predicted octanol–water partition coefficient (Wildman–Crippen LogP) is 1.54. The van der Waals surface area contributed by atoms with Crippen molar-refractivity contribution in [3.63, 3.8) is 0 Å². The second-order valence-electron chi connectivity index (χ2n) is 5.65. The molecule has 0 aromatic carbocycles. The van der Waals surface area contributed by atoms with Gasteiger partial charge in [-0.3, -0.25) is 18.7 Å². The smallest absolute Gasteiger partial charge is 0.325 e. The van der Waals surface area contributed by atoms with Gasteiger partial charge in [0.1, 0.15) is 5.39 Å². The van der Waals surface area contributed by atoms with E-state index in [0.717, 1.165) is 16.6 Å². The molecule has 0 fully saturated rings. The molecule has 2 aromatic heterocycles. The van der Waals surface area contributed by atoms with Gasteiger partial charge in [0.2, 0.25) is 5.91 Å². The number of aryl methyl sites for hydroxylation is 2. The number of hydrogen-bond donors (Lipinski definition) is 1. The molecule has 130 valence electrons. The maximum absolute atomic E-state index is 12.6. The van der Waals surface area contributed by atoms with Gasteiger partial charge in [0, 0.05) is 32.6 Å². The second-order valence-corrected chi connectivity index (χ2v) is 6.03. The molecule has 0 aliphatic heterocycles. The molecule has 0 atom stereocenters. The Balaban J connectivity index is 2.72. The van der Waals surface area contributed by atoms with E-state index in [0.29, 0.717) is 24.4 Å². The van der Waals surface area contributed by atoms with E-state index in [-0.39, 0.29) is 23.4 Å². The van der Waals surface area contributed by atoms with Crippen molar-refractivity contribution in [2.24, 2.45) is 14.1 Å². The summed E-state index contributed by atoms with van der Waals surface area (Å²) in [6, 6.07) is 0. The lowest BCUT2D eigenvalue weighted by atomic mass is 10.1. The number of pyridine rings is 1. The minimum atomic E-state index is -0.466. The summed E-state index contributed by atoms with van der Waals surface area (Å²) in [5, 5.41) is 3.08. The van der Waals surface area contributed by atoms with E-state index >= 15 is 0 Å². The molecule has 1 N–H and O–H groups in total. The Morgan fingerprint density at radius 1 is 1.29 bits per heavy atom. The zero-order valence-corrected chi connectivity index (χ0v) is 14.8. The molecule has 24 heavy (non-hydrogen) atoms. The van der Waals surface area contributed by atoms with E-state index in [9.17, 15) is 14.4 Å². The highest BCUT2D eigenvalue weighted by molar-refractivity contribution is 6.18. The number of carbonyl (C=O) groups excluding carboxylic acids is 1. The lowest BCUT2D eigenvalue weighted by molar-refractivity contribution is -0.116. The summed E-state index contributed by atoms with van der Waals surface area (Å²) < 4.78 is 2.33. The number of alkyl halides is 1. The Labute approximate surface area is 144 Å². The van der Waals surface area contributed by atoms with E-state index in [4.69, 9.17) is 11.6 Å². The maximum Gasteiger partial charge on any atom is 0.332 e. The van der Waals surface area contributed by atoms with Crippen LogP contribution in [0, 0.1) is 0 Å². The van der Waals surface area contributed by atoms with Crippen LogP contribution in [0.1, 0.15) is 31.7 Å². The lowest BCUT2D eigenvalue weighted by Gasteiger charge is -2.15. The van der Waals surface area contributed by atoms with Crippen molar-refractivity contribution in [2.45, 2.75) is 32.6 Å².